The second kappa shape index (κ2) is 7.00. The summed E-state index contributed by atoms with van der Waals surface area (Å²) < 4.78 is 5.61. The molecular weight excluding hydrogens is 236 g/mol. The first-order valence-electron chi connectivity index (χ1n) is 6.82. The van der Waals surface area contributed by atoms with E-state index in [-0.39, 0.29) is 0 Å². The Labute approximate surface area is 115 Å². The van der Waals surface area contributed by atoms with Gasteiger partial charge < -0.3 is 14.6 Å². The number of para-hydroxylation sites is 1. The highest BCUT2D eigenvalue weighted by molar-refractivity contribution is 5.45. The second-order valence-electron chi connectivity index (χ2n) is 4.79. The van der Waals surface area contributed by atoms with Gasteiger partial charge in [-0.1, -0.05) is 25.1 Å². The fraction of sp³-hybridized carbons (Fsp3) is 0.375. The van der Waals surface area contributed by atoms with E-state index in [1.54, 1.807) is 0 Å². The molecule has 0 radical (unpaired) electrons. The van der Waals surface area contributed by atoms with Gasteiger partial charge in [0.15, 0.2) is 0 Å². The first-order valence-corrected chi connectivity index (χ1v) is 6.82. The van der Waals surface area contributed by atoms with E-state index in [0.717, 1.165) is 31.8 Å². The number of hydrogen-bond acceptors (Lipinski definition) is 3. The van der Waals surface area contributed by atoms with E-state index in [4.69, 9.17) is 4.42 Å². The van der Waals surface area contributed by atoms with Gasteiger partial charge in [-0.25, -0.2) is 0 Å². The second-order valence-corrected chi connectivity index (χ2v) is 4.79. The third-order valence-corrected chi connectivity index (χ3v) is 3.05. The number of hydrogen-bond donors (Lipinski definition) is 1. The molecule has 0 amide bonds. The molecule has 2 aromatic rings. The Hall–Kier alpha value is -1.74. The van der Waals surface area contributed by atoms with Gasteiger partial charge in [0.2, 0.25) is 0 Å². The first-order chi connectivity index (χ1) is 9.29. The lowest BCUT2D eigenvalue weighted by Crippen LogP contribution is -2.15. The van der Waals surface area contributed by atoms with E-state index in [1.807, 2.05) is 24.5 Å². The average molecular weight is 258 g/mol. The average Bonchev–Trinajstić information content (AvgIpc) is 2.88. The Morgan fingerprint density at radius 1 is 1.21 bits per heavy atom. The molecule has 0 saturated carbocycles. The van der Waals surface area contributed by atoms with Crippen molar-refractivity contribution in [2.45, 2.75) is 26.4 Å². The van der Waals surface area contributed by atoms with Crippen LogP contribution in [-0.2, 0) is 13.1 Å². The van der Waals surface area contributed by atoms with Gasteiger partial charge in [0, 0.05) is 24.8 Å². The maximum absolute atomic E-state index is 5.61. The Morgan fingerprint density at radius 2 is 2.00 bits per heavy atom. The zero-order valence-electron chi connectivity index (χ0n) is 11.7. The van der Waals surface area contributed by atoms with Crippen LogP contribution in [-0.4, -0.2) is 13.6 Å². The largest absolute Gasteiger partial charge is 0.467 e. The molecule has 2 rings (SSSR count). The van der Waals surface area contributed by atoms with Gasteiger partial charge in [-0.05, 0) is 31.2 Å². The molecule has 0 aliphatic rings. The SMILES string of the molecule is CCCNCc1coc(CN(C)c2ccccc2)c1. The summed E-state index contributed by atoms with van der Waals surface area (Å²) in [6, 6.07) is 12.5. The van der Waals surface area contributed by atoms with Gasteiger partial charge in [0.05, 0.1) is 12.8 Å². The lowest BCUT2D eigenvalue weighted by Gasteiger charge is -2.17. The minimum atomic E-state index is 0.789. The molecule has 1 aromatic carbocycles. The van der Waals surface area contributed by atoms with Crippen LogP contribution in [0.3, 0.4) is 0 Å². The molecule has 0 saturated heterocycles. The highest BCUT2D eigenvalue weighted by atomic mass is 16.3. The van der Waals surface area contributed by atoms with E-state index in [0.29, 0.717) is 0 Å². The summed E-state index contributed by atoms with van der Waals surface area (Å²) in [4.78, 5) is 2.18. The zero-order chi connectivity index (χ0) is 13.5. The molecule has 0 atom stereocenters. The third-order valence-electron chi connectivity index (χ3n) is 3.05. The third kappa shape index (κ3) is 4.14. The summed E-state index contributed by atoms with van der Waals surface area (Å²) in [7, 11) is 2.08. The highest BCUT2D eigenvalue weighted by Crippen LogP contribution is 2.16. The van der Waals surface area contributed by atoms with Crippen molar-refractivity contribution in [3.63, 3.8) is 0 Å². The molecule has 0 aliphatic carbocycles. The molecule has 1 N–H and O–H groups in total. The highest BCUT2D eigenvalue weighted by Gasteiger charge is 2.06. The maximum Gasteiger partial charge on any atom is 0.123 e. The molecule has 0 unspecified atom stereocenters. The minimum Gasteiger partial charge on any atom is -0.467 e. The molecule has 0 bridgehead atoms. The van der Waals surface area contributed by atoms with Crippen LogP contribution in [0.25, 0.3) is 0 Å². The minimum absolute atomic E-state index is 0.789. The van der Waals surface area contributed by atoms with Crippen molar-refractivity contribution in [2.75, 3.05) is 18.5 Å². The monoisotopic (exact) mass is 258 g/mol. The van der Waals surface area contributed by atoms with Crippen LogP contribution in [0, 0.1) is 0 Å². The van der Waals surface area contributed by atoms with E-state index in [2.05, 4.69) is 42.4 Å². The van der Waals surface area contributed by atoms with Crippen LogP contribution in [0.1, 0.15) is 24.7 Å². The standard InChI is InChI=1S/C16H22N2O/c1-3-9-17-11-14-10-16(19-13-14)12-18(2)15-7-5-4-6-8-15/h4-8,10,13,17H,3,9,11-12H2,1-2H3. The Morgan fingerprint density at radius 3 is 2.74 bits per heavy atom. The van der Waals surface area contributed by atoms with Crippen LogP contribution in [0.4, 0.5) is 5.69 Å². The molecule has 0 fully saturated rings. The summed E-state index contributed by atoms with van der Waals surface area (Å²) >= 11 is 0. The summed E-state index contributed by atoms with van der Waals surface area (Å²) in [6.45, 7) is 4.89. The predicted octanol–water partition coefficient (Wildman–Crippen LogP) is 3.42. The van der Waals surface area contributed by atoms with Gasteiger partial charge in [0.25, 0.3) is 0 Å². The normalized spacial score (nSPS) is 10.6. The molecule has 0 spiro atoms. The van der Waals surface area contributed by atoms with Crippen molar-refractivity contribution >= 4 is 5.69 Å². The van der Waals surface area contributed by atoms with Crippen molar-refractivity contribution in [2.24, 2.45) is 0 Å². The Balaban J connectivity index is 1.89. The summed E-state index contributed by atoms with van der Waals surface area (Å²) in [5, 5.41) is 3.38. The molecule has 0 aliphatic heterocycles. The van der Waals surface area contributed by atoms with Crippen molar-refractivity contribution in [1.82, 2.24) is 5.32 Å². The fourth-order valence-corrected chi connectivity index (χ4v) is 2.02. The van der Waals surface area contributed by atoms with Gasteiger partial charge >= 0.3 is 0 Å². The van der Waals surface area contributed by atoms with E-state index < -0.39 is 0 Å². The molecule has 19 heavy (non-hydrogen) atoms. The quantitative estimate of drug-likeness (QED) is 0.771. The molecule has 3 heteroatoms. The summed E-state index contributed by atoms with van der Waals surface area (Å²) in [5.74, 6) is 1.000. The number of benzene rings is 1. The van der Waals surface area contributed by atoms with E-state index in [1.165, 1.54) is 11.3 Å². The van der Waals surface area contributed by atoms with E-state index in [9.17, 15) is 0 Å². The molecule has 1 heterocycles. The van der Waals surface area contributed by atoms with Gasteiger partial charge in [0.1, 0.15) is 5.76 Å². The van der Waals surface area contributed by atoms with Crippen LogP contribution in [0.2, 0.25) is 0 Å². The number of furan rings is 1. The maximum atomic E-state index is 5.61. The molecule has 1 aromatic heterocycles. The van der Waals surface area contributed by atoms with Gasteiger partial charge in [-0.2, -0.15) is 0 Å². The Bertz CT molecular complexity index is 479. The lowest BCUT2D eigenvalue weighted by molar-refractivity contribution is 0.504. The predicted molar refractivity (Wildman–Crippen MR) is 79.3 cm³/mol. The molecule has 102 valence electrons. The van der Waals surface area contributed by atoms with Crippen LogP contribution < -0.4 is 10.2 Å². The number of anilines is 1. The molecule has 3 nitrogen and oxygen atoms in total. The lowest BCUT2D eigenvalue weighted by atomic mass is 10.2. The zero-order valence-corrected chi connectivity index (χ0v) is 11.7. The number of nitrogens with one attached hydrogen (secondary N) is 1. The van der Waals surface area contributed by atoms with Crippen LogP contribution in [0.15, 0.2) is 47.1 Å². The smallest absolute Gasteiger partial charge is 0.123 e. The van der Waals surface area contributed by atoms with Gasteiger partial charge in [-0.3, -0.25) is 0 Å². The van der Waals surface area contributed by atoms with Crippen LogP contribution >= 0.6 is 0 Å². The summed E-state index contributed by atoms with van der Waals surface area (Å²) in [6.07, 6.45) is 3.00. The van der Waals surface area contributed by atoms with Crippen LogP contribution in [0.5, 0.6) is 0 Å². The topological polar surface area (TPSA) is 28.4 Å². The molecular formula is C16H22N2O. The fourth-order valence-electron chi connectivity index (χ4n) is 2.02. The van der Waals surface area contributed by atoms with Crippen molar-refractivity contribution < 1.29 is 4.42 Å². The first kappa shape index (κ1) is 13.7. The number of nitrogens with zero attached hydrogens (tertiary/aromatic N) is 1. The van der Waals surface area contributed by atoms with Crippen molar-refractivity contribution in [3.05, 3.63) is 54.0 Å². The van der Waals surface area contributed by atoms with Crippen molar-refractivity contribution in [1.29, 1.82) is 0 Å². The number of rotatable bonds is 7. The van der Waals surface area contributed by atoms with E-state index >= 15 is 0 Å². The Kier molecular flexibility index (Phi) is 5.04. The van der Waals surface area contributed by atoms with Crippen molar-refractivity contribution in [3.8, 4) is 0 Å². The van der Waals surface area contributed by atoms with Gasteiger partial charge in [-0.15, -0.1) is 0 Å². The summed E-state index contributed by atoms with van der Waals surface area (Å²) in [5.41, 5.74) is 2.41.